The third-order valence-electron chi connectivity index (χ3n) is 9.50. The molecule has 1 aliphatic carbocycles. The fourth-order valence-electron chi connectivity index (χ4n) is 7.03. The van der Waals surface area contributed by atoms with Crippen molar-refractivity contribution >= 4 is 29.2 Å². The van der Waals surface area contributed by atoms with Crippen molar-refractivity contribution < 1.29 is 57.7 Å². The number of allylic oxidation sites excluding steroid dienone is 4. The Morgan fingerprint density at radius 3 is 1.13 bits per heavy atom. The largest absolute Gasteiger partial charge is 1.00 e. The van der Waals surface area contributed by atoms with E-state index in [1.165, 1.54) is 48.4 Å². The average molecular weight is 722 g/mol. The van der Waals surface area contributed by atoms with E-state index < -0.39 is 8.07 Å². The Balaban J connectivity index is 0.00000245. The maximum atomic E-state index is 2.60. The topological polar surface area (TPSA) is 0 Å². The summed E-state index contributed by atoms with van der Waals surface area (Å²) in [5, 5.41) is 6.32. The molecular weight excluding hydrogens is 675 g/mol. The monoisotopic (exact) mass is 720 g/mol. The molecule has 0 aliphatic heterocycles. The molecule has 0 unspecified atom stereocenters. The fourth-order valence-corrected chi connectivity index (χ4v) is 13.4. The molecule has 0 saturated heterocycles. The van der Waals surface area contributed by atoms with Crippen LogP contribution < -0.4 is 52.8 Å². The van der Waals surface area contributed by atoms with Crippen LogP contribution >= 0.6 is 0 Å². The van der Waals surface area contributed by atoms with Crippen LogP contribution in [0.25, 0.3) is 5.57 Å². The summed E-state index contributed by atoms with van der Waals surface area (Å²) in [6, 6.07) is 34.2. The molecule has 0 nitrogen and oxygen atoms in total. The standard InChI is InChI=1S/C41H47Si.3ClH.Ti/c1-7-30-21-31(8-2)25-37(24-30)42(38-26-32(9-3)22-33(10-4)27-38,39-28-34(11-5)23-35(12-6)29-39)41-20-16-19-40(41)36-17-14-13-15-18-36;;;;/h13-18,21-29H,7-12,20H2,1-6H3;3*1H;/q;;;;+3/p-3. The minimum Gasteiger partial charge on any atom is -1.00 e. The minimum absolute atomic E-state index is 0. The second-order valence-electron chi connectivity index (χ2n) is 12.0. The average Bonchev–Trinajstić information content (AvgIpc) is 3.45. The van der Waals surface area contributed by atoms with E-state index in [9.17, 15) is 0 Å². The van der Waals surface area contributed by atoms with Crippen LogP contribution in [-0.2, 0) is 59.0 Å². The van der Waals surface area contributed by atoms with Crippen molar-refractivity contribution in [2.24, 2.45) is 0 Å². The van der Waals surface area contributed by atoms with Gasteiger partial charge in [0.05, 0.1) is 0 Å². The first kappa shape index (κ1) is 40.3. The maximum absolute atomic E-state index is 2.74. The molecule has 0 amide bonds. The summed E-state index contributed by atoms with van der Waals surface area (Å²) in [5.41, 5.74) is 11.6. The van der Waals surface area contributed by atoms with Gasteiger partial charge in [-0.2, -0.15) is 0 Å². The van der Waals surface area contributed by atoms with Crippen LogP contribution in [0.2, 0.25) is 0 Å². The molecule has 0 atom stereocenters. The molecule has 5 rings (SSSR count). The zero-order valence-electron chi connectivity index (χ0n) is 28.2. The van der Waals surface area contributed by atoms with Gasteiger partial charge >= 0.3 is 275 Å². The molecule has 0 heterocycles. The number of rotatable bonds is 11. The van der Waals surface area contributed by atoms with E-state index in [-0.39, 0.29) is 37.2 Å². The number of hydrogen-bond acceptors (Lipinski definition) is 0. The van der Waals surface area contributed by atoms with Gasteiger partial charge in [-0.05, 0) is 0 Å². The van der Waals surface area contributed by atoms with Crippen LogP contribution in [-0.4, -0.2) is 8.07 Å². The first-order valence-corrected chi connectivity index (χ1v) is 19.3. The molecule has 46 heavy (non-hydrogen) atoms. The molecule has 4 aromatic rings. The van der Waals surface area contributed by atoms with Crippen molar-refractivity contribution in [3.05, 3.63) is 139 Å². The third-order valence-corrected chi connectivity index (χ3v) is 15.0. The smallest absolute Gasteiger partial charge is 1.00 e. The molecular formula is C41H47Cl3SiTi. The Hall–Kier alpha value is -1.84. The van der Waals surface area contributed by atoms with Crippen molar-refractivity contribution in [2.75, 3.05) is 0 Å². The second-order valence-corrected chi connectivity index (χ2v) is 16.7. The molecule has 0 aromatic heterocycles. The van der Waals surface area contributed by atoms with Crippen molar-refractivity contribution in [3.8, 4) is 0 Å². The number of halogens is 3. The van der Waals surface area contributed by atoms with E-state index in [1.54, 1.807) is 20.8 Å². The molecule has 0 bridgehead atoms. The number of benzene rings is 4. The molecule has 0 N–H and O–H groups in total. The zero-order valence-corrected chi connectivity index (χ0v) is 33.1. The fraction of sp³-hybridized carbons (Fsp3) is 0.317. The van der Waals surface area contributed by atoms with Gasteiger partial charge in [0.25, 0.3) is 0 Å². The normalized spacial score (nSPS) is 12.7. The van der Waals surface area contributed by atoms with Gasteiger partial charge in [-0.1, -0.05) is 0 Å². The number of hydrogen-bond donors (Lipinski definition) is 0. The molecule has 0 fully saturated rings. The van der Waals surface area contributed by atoms with Crippen LogP contribution in [0, 0.1) is 0 Å². The molecule has 0 spiro atoms. The Morgan fingerprint density at radius 1 is 0.500 bits per heavy atom. The van der Waals surface area contributed by atoms with E-state index in [2.05, 4.69) is 153 Å². The van der Waals surface area contributed by atoms with Crippen LogP contribution in [0.3, 0.4) is 0 Å². The Morgan fingerprint density at radius 2 is 0.826 bits per heavy atom. The van der Waals surface area contributed by atoms with E-state index >= 15 is 0 Å². The summed E-state index contributed by atoms with van der Waals surface area (Å²) in [7, 11) is -2.74. The van der Waals surface area contributed by atoms with Gasteiger partial charge in [0.15, 0.2) is 0 Å². The maximum Gasteiger partial charge on any atom is -1.00 e. The van der Waals surface area contributed by atoms with E-state index in [0.717, 1.165) is 44.9 Å². The molecule has 0 radical (unpaired) electrons. The Bertz CT molecular complexity index is 1470. The zero-order chi connectivity index (χ0) is 30.6. The van der Waals surface area contributed by atoms with Gasteiger partial charge in [-0.25, -0.2) is 0 Å². The van der Waals surface area contributed by atoms with Crippen molar-refractivity contribution in [2.45, 2.75) is 86.5 Å². The first-order valence-electron chi connectivity index (χ1n) is 16.5. The van der Waals surface area contributed by atoms with Gasteiger partial charge < -0.3 is 37.2 Å². The van der Waals surface area contributed by atoms with Gasteiger partial charge in [0, 0.05) is 0 Å². The van der Waals surface area contributed by atoms with Crippen LogP contribution in [0.15, 0.2) is 100 Å². The van der Waals surface area contributed by atoms with E-state index in [0.29, 0.717) is 0 Å². The summed E-state index contributed by atoms with van der Waals surface area (Å²) >= 11 is 2.34. The molecule has 240 valence electrons. The summed E-state index contributed by atoms with van der Waals surface area (Å²) in [5.74, 6) is 0. The predicted molar refractivity (Wildman–Crippen MR) is 186 cm³/mol. The van der Waals surface area contributed by atoms with Gasteiger partial charge in [-0.3, -0.25) is 0 Å². The molecule has 4 aromatic carbocycles. The predicted octanol–water partition coefficient (Wildman–Crippen LogP) is -0.629. The first-order chi connectivity index (χ1) is 20.9. The van der Waals surface area contributed by atoms with E-state index in [4.69, 9.17) is 0 Å². The summed E-state index contributed by atoms with van der Waals surface area (Å²) < 4.78 is 1.42. The van der Waals surface area contributed by atoms with Gasteiger partial charge in [-0.15, -0.1) is 0 Å². The molecule has 5 heteroatoms. The van der Waals surface area contributed by atoms with E-state index in [1.807, 2.05) is 0 Å². The van der Waals surface area contributed by atoms with Crippen molar-refractivity contribution in [1.82, 2.24) is 0 Å². The summed E-state index contributed by atoms with van der Waals surface area (Å²) in [4.78, 5) is 0. The number of aryl methyl sites for hydroxylation is 6. The Labute approximate surface area is 310 Å². The van der Waals surface area contributed by atoms with Gasteiger partial charge in [0.1, 0.15) is 0 Å². The SMILES string of the molecule is CCc1cc(CC)cc([Si](C2=C(c3ccccc3)[C]([Ti+3])=CC2)(c2cc(CC)cc(CC)c2)c2cc(CC)cc(CC)c2)c1.[Cl-].[Cl-].[Cl-]. The van der Waals surface area contributed by atoms with Crippen LogP contribution in [0.5, 0.6) is 0 Å². The summed E-state index contributed by atoms with van der Waals surface area (Å²) in [6.45, 7) is 13.9. The van der Waals surface area contributed by atoms with Crippen molar-refractivity contribution in [3.63, 3.8) is 0 Å². The van der Waals surface area contributed by atoms with Crippen molar-refractivity contribution in [1.29, 1.82) is 0 Å². The second kappa shape index (κ2) is 18.1. The molecule has 1 aliphatic rings. The summed E-state index contributed by atoms with van der Waals surface area (Å²) in [6.07, 6.45) is 9.84. The van der Waals surface area contributed by atoms with Gasteiger partial charge in [0.2, 0.25) is 0 Å². The van der Waals surface area contributed by atoms with Crippen LogP contribution in [0.4, 0.5) is 0 Å². The minimum atomic E-state index is -2.74. The van der Waals surface area contributed by atoms with Crippen LogP contribution in [0.1, 0.15) is 86.9 Å². The third kappa shape index (κ3) is 7.89. The quantitative estimate of drug-likeness (QED) is 0.143. The Kier molecular flexibility index (Phi) is 15.8. The molecule has 0 saturated carbocycles.